The molecular weight excluding hydrogens is 298 g/mol. The van der Waals surface area contributed by atoms with Gasteiger partial charge < -0.3 is 14.4 Å². The first-order chi connectivity index (χ1) is 10.8. The van der Waals surface area contributed by atoms with E-state index < -0.39 is 0 Å². The lowest BCUT2D eigenvalue weighted by Crippen LogP contribution is -2.31. The molecule has 0 N–H and O–H groups in total. The van der Waals surface area contributed by atoms with Crippen molar-refractivity contribution in [3.8, 4) is 11.5 Å². The van der Waals surface area contributed by atoms with Crippen LogP contribution in [0, 0.1) is 0 Å². The number of hydrogen-bond donors (Lipinski definition) is 0. The average Bonchev–Trinajstić information content (AvgIpc) is 2.92. The average molecular weight is 313 g/mol. The molecule has 0 bridgehead atoms. The predicted molar refractivity (Wildman–Crippen MR) is 86.0 cm³/mol. The predicted octanol–water partition coefficient (Wildman–Crippen LogP) is 3.56. The van der Waals surface area contributed by atoms with Crippen LogP contribution >= 0.6 is 11.8 Å². The number of thioether (sulfide) groups is 1. The van der Waals surface area contributed by atoms with Gasteiger partial charge in [-0.3, -0.25) is 4.79 Å². The molecule has 0 unspecified atom stereocenters. The smallest absolute Gasteiger partial charge is 0.258 e. The maximum Gasteiger partial charge on any atom is 0.258 e. The van der Waals surface area contributed by atoms with Crippen LogP contribution in [0.2, 0.25) is 0 Å². The lowest BCUT2D eigenvalue weighted by atomic mass is 10.1. The summed E-state index contributed by atoms with van der Waals surface area (Å²) in [6, 6.07) is 13.4. The zero-order chi connectivity index (χ0) is 14.9. The Hall–Kier alpha value is -2.14. The molecule has 0 aliphatic carbocycles. The third kappa shape index (κ3) is 2.31. The van der Waals surface area contributed by atoms with Gasteiger partial charge in [-0.05, 0) is 42.5 Å². The lowest BCUT2D eigenvalue weighted by Gasteiger charge is -2.22. The van der Waals surface area contributed by atoms with E-state index in [-0.39, 0.29) is 12.7 Å². The van der Waals surface area contributed by atoms with Gasteiger partial charge in [-0.1, -0.05) is 12.1 Å². The minimum absolute atomic E-state index is 0.00764. The quantitative estimate of drug-likeness (QED) is 0.807. The van der Waals surface area contributed by atoms with Crippen molar-refractivity contribution in [1.82, 2.24) is 0 Å². The molecule has 0 saturated heterocycles. The number of benzene rings is 2. The molecule has 4 rings (SSSR count). The van der Waals surface area contributed by atoms with Crippen LogP contribution in [0.1, 0.15) is 16.8 Å². The molecule has 0 atom stereocenters. The number of para-hydroxylation sites is 1. The number of rotatable bonds is 1. The van der Waals surface area contributed by atoms with Crippen LogP contribution in [0.4, 0.5) is 5.69 Å². The van der Waals surface area contributed by atoms with Crippen LogP contribution in [0.5, 0.6) is 11.5 Å². The Morgan fingerprint density at radius 1 is 1.09 bits per heavy atom. The second-order valence-corrected chi connectivity index (χ2v) is 6.33. The zero-order valence-corrected chi connectivity index (χ0v) is 12.8. The molecule has 0 saturated carbocycles. The summed E-state index contributed by atoms with van der Waals surface area (Å²) in [7, 11) is 0. The summed E-state index contributed by atoms with van der Waals surface area (Å²) in [6.45, 7) is 0.952. The summed E-state index contributed by atoms with van der Waals surface area (Å²) >= 11 is 1.81. The van der Waals surface area contributed by atoms with Crippen molar-refractivity contribution in [2.45, 2.75) is 11.3 Å². The maximum absolute atomic E-state index is 12.9. The molecular formula is C17H15NO3S. The van der Waals surface area contributed by atoms with E-state index in [0.717, 1.165) is 29.3 Å². The molecule has 5 heteroatoms. The number of amides is 1. The molecule has 2 aliphatic heterocycles. The van der Waals surface area contributed by atoms with E-state index in [2.05, 4.69) is 6.07 Å². The van der Waals surface area contributed by atoms with Crippen molar-refractivity contribution in [3.63, 3.8) is 0 Å². The highest BCUT2D eigenvalue weighted by Crippen LogP contribution is 2.36. The number of hydrogen-bond acceptors (Lipinski definition) is 4. The van der Waals surface area contributed by atoms with Crippen molar-refractivity contribution in [1.29, 1.82) is 0 Å². The van der Waals surface area contributed by atoms with Crippen LogP contribution in [0.15, 0.2) is 47.4 Å². The van der Waals surface area contributed by atoms with Gasteiger partial charge in [-0.25, -0.2) is 0 Å². The van der Waals surface area contributed by atoms with Gasteiger partial charge in [0.25, 0.3) is 5.91 Å². The summed E-state index contributed by atoms with van der Waals surface area (Å²) in [4.78, 5) is 16.0. The van der Waals surface area contributed by atoms with Crippen molar-refractivity contribution in [3.05, 3.63) is 48.0 Å². The topological polar surface area (TPSA) is 38.8 Å². The molecule has 112 valence electrons. The highest BCUT2D eigenvalue weighted by atomic mass is 32.2. The SMILES string of the molecule is O=C(c1ccc2c(c1)OCO2)N1CCCSc2ccccc21. The highest BCUT2D eigenvalue weighted by Gasteiger charge is 2.24. The van der Waals surface area contributed by atoms with E-state index in [0.29, 0.717) is 17.1 Å². The van der Waals surface area contributed by atoms with Crippen molar-refractivity contribution < 1.29 is 14.3 Å². The number of ether oxygens (including phenoxy) is 2. The molecule has 2 aromatic carbocycles. The third-order valence-electron chi connectivity index (χ3n) is 3.80. The second-order valence-electron chi connectivity index (χ2n) is 5.19. The van der Waals surface area contributed by atoms with E-state index >= 15 is 0 Å². The first-order valence-electron chi connectivity index (χ1n) is 7.26. The van der Waals surface area contributed by atoms with Gasteiger partial charge in [0.05, 0.1) is 5.69 Å². The Morgan fingerprint density at radius 2 is 1.95 bits per heavy atom. The molecule has 22 heavy (non-hydrogen) atoms. The van der Waals surface area contributed by atoms with Crippen LogP contribution < -0.4 is 14.4 Å². The number of fused-ring (bicyclic) bond motifs is 2. The van der Waals surface area contributed by atoms with E-state index in [4.69, 9.17) is 9.47 Å². The van der Waals surface area contributed by atoms with Gasteiger partial charge in [0, 0.05) is 17.0 Å². The molecule has 4 nitrogen and oxygen atoms in total. The van der Waals surface area contributed by atoms with Gasteiger partial charge in [0.2, 0.25) is 6.79 Å². The fraction of sp³-hybridized carbons (Fsp3) is 0.235. The van der Waals surface area contributed by atoms with Crippen LogP contribution in [0.3, 0.4) is 0 Å². The minimum Gasteiger partial charge on any atom is -0.454 e. The maximum atomic E-state index is 12.9. The monoisotopic (exact) mass is 313 g/mol. The fourth-order valence-corrected chi connectivity index (χ4v) is 3.72. The largest absolute Gasteiger partial charge is 0.454 e. The van der Waals surface area contributed by atoms with Gasteiger partial charge in [-0.15, -0.1) is 11.8 Å². The normalized spacial score (nSPS) is 16.1. The lowest BCUT2D eigenvalue weighted by molar-refractivity contribution is 0.0986. The van der Waals surface area contributed by atoms with E-state index in [1.807, 2.05) is 34.9 Å². The molecule has 2 aromatic rings. The van der Waals surface area contributed by atoms with Gasteiger partial charge >= 0.3 is 0 Å². The van der Waals surface area contributed by atoms with E-state index in [9.17, 15) is 4.79 Å². The highest BCUT2D eigenvalue weighted by molar-refractivity contribution is 7.99. The van der Waals surface area contributed by atoms with E-state index in [1.165, 1.54) is 0 Å². The number of carbonyl (C=O) groups excluding carboxylic acids is 1. The first-order valence-corrected chi connectivity index (χ1v) is 8.25. The Kier molecular flexibility index (Phi) is 3.42. The summed E-state index contributed by atoms with van der Waals surface area (Å²) in [6.07, 6.45) is 0.982. The Bertz CT molecular complexity index is 732. The van der Waals surface area contributed by atoms with Gasteiger partial charge in [0.1, 0.15) is 0 Å². The van der Waals surface area contributed by atoms with Crippen LogP contribution in [0.25, 0.3) is 0 Å². The second kappa shape index (κ2) is 5.57. The molecule has 0 radical (unpaired) electrons. The fourth-order valence-electron chi connectivity index (χ4n) is 2.72. The number of nitrogens with zero attached hydrogens (tertiary/aromatic N) is 1. The van der Waals surface area contributed by atoms with Crippen LogP contribution in [-0.2, 0) is 0 Å². The van der Waals surface area contributed by atoms with Gasteiger partial charge in [-0.2, -0.15) is 0 Å². The molecule has 2 heterocycles. The van der Waals surface area contributed by atoms with Crippen molar-refractivity contribution >= 4 is 23.4 Å². The van der Waals surface area contributed by atoms with Crippen LogP contribution in [-0.4, -0.2) is 25.0 Å². The molecule has 0 fully saturated rings. The standard InChI is InChI=1S/C17H15NO3S/c19-17(12-6-7-14-15(10-12)21-11-20-14)18-8-3-9-22-16-5-2-1-4-13(16)18/h1-2,4-7,10H,3,8-9,11H2. The van der Waals surface area contributed by atoms with Crippen molar-refractivity contribution in [2.24, 2.45) is 0 Å². The number of anilines is 1. The summed E-state index contributed by atoms with van der Waals surface area (Å²) in [5, 5.41) is 0. The van der Waals surface area contributed by atoms with Gasteiger partial charge in [0.15, 0.2) is 11.5 Å². The molecule has 0 aromatic heterocycles. The summed E-state index contributed by atoms with van der Waals surface area (Å²) < 4.78 is 10.7. The zero-order valence-electron chi connectivity index (χ0n) is 12.0. The van der Waals surface area contributed by atoms with E-state index in [1.54, 1.807) is 18.2 Å². The summed E-state index contributed by atoms with van der Waals surface area (Å²) in [5.74, 6) is 2.38. The Labute approximate surface area is 133 Å². The molecule has 2 aliphatic rings. The number of carbonyl (C=O) groups is 1. The summed E-state index contributed by atoms with van der Waals surface area (Å²) in [5.41, 5.74) is 1.62. The molecule has 1 amide bonds. The van der Waals surface area contributed by atoms with Crippen molar-refractivity contribution in [2.75, 3.05) is 24.0 Å². The third-order valence-corrected chi connectivity index (χ3v) is 4.95. The Morgan fingerprint density at radius 3 is 2.91 bits per heavy atom. The minimum atomic E-state index is 0.00764. The first kappa shape index (κ1) is 13.5. The molecule has 0 spiro atoms. The Balaban J connectivity index is 1.70.